The van der Waals surface area contributed by atoms with Crippen molar-refractivity contribution in [2.75, 3.05) is 20.1 Å². The molecule has 0 aliphatic carbocycles. The molecule has 0 spiro atoms. The Labute approximate surface area is 96.5 Å². The van der Waals surface area contributed by atoms with Gasteiger partial charge in [0.2, 0.25) is 0 Å². The Hall–Kier alpha value is -1.82. The quantitative estimate of drug-likeness (QED) is 0.788. The number of ketones is 1. The highest BCUT2D eigenvalue weighted by molar-refractivity contribution is 5.98. The standard InChI is InChI=1S/C11H11F2NO3/c1-14(6-11(16)17)5-10(15)8-3-2-7(12)4-9(8)13/h2-4H,5-6H2,1H3,(H,16,17). The Bertz CT molecular complexity index is 448. The Balaban J connectivity index is 2.73. The van der Waals surface area contributed by atoms with E-state index in [0.29, 0.717) is 6.07 Å². The van der Waals surface area contributed by atoms with Crippen molar-refractivity contribution in [3.05, 3.63) is 35.4 Å². The normalized spacial score (nSPS) is 10.6. The highest BCUT2D eigenvalue weighted by atomic mass is 19.1. The number of benzene rings is 1. The summed E-state index contributed by atoms with van der Waals surface area (Å²) in [5, 5.41) is 8.48. The lowest BCUT2D eigenvalue weighted by molar-refractivity contribution is -0.137. The zero-order valence-electron chi connectivity index (χ0n) is 9.11. The highest BCUT2D eigenvalue weighted by Gasteiger charge is 2.15. The van der Waals surface area contributed by atoms with Crippen LogP contribution in [0.1, 0.15) is 10.4 Å². The molecule has 0 saturated carbocycles. The maximum atomic E-state index is 13.2. The van der Waals surface area contributed by atoms with E-state index in [0.717, 1.165) is 12.1 Å². The summed E-state index contributed by atoms with van der Waals surface area (Å²) in [6, 6.07) is 2.64. The van der Waals surface area contributed by atoms with Crippen LogP contribution in [0.15, 0.2) is 18.2 Å². The van der Waals surface area contributed by atoms with Crippen LogP contribution in [0.2, 0.25) is 0 Å². The molecule has 0 unspecified atom stereocenters. The number of carbonyl (C=O) groups excluding carboxylic acids is 1. The summed E-state index contributed by atoms with van der Waals surface area (Å²) in [7, 11) is 1.42. The summed E-state index contributed by atoms with van der Waals surface area (Å²) in [4.78, 5) is 23.2. The molecule has 0 heterocycles. The van der Waals surface area contributed by atoms with Gasteiger partial charge in [-0.15, -0.1) is 0 Å². The zero-order chi connectivity index (χ0) is 13.0. The van der Waals surface area contributed by atoms with Crippen LogP contribution in [-0.4, -0.2) is 41.9 Å². The SMILES string of the molecule is CN(CC(=O)O)CC(=O)c1ccc(F)cc1F. The van der Waals surface area contributed by atoms with E-state index in [2.05, 4.69) is 0 Å². The minimum Gasteiger partial charge on any atom is -0.480 e. The largest absolute Gasteiger partial charge is 0.480 e. The van der Waals surface area contributed by atoms with Gasteiger partial charge in [-0.05, 0) is 19.2 Å². The monoisotopic (exact) mass is 243 g/mol. The van der Waals surface area contributed by atoms with Crippen LogP contribution < -0.4 is 0 Å². The van der Waals surface area contributed by atoms with Crippen LogP contribution >= 0.6 is 0 Å². The molecule has 0 fully saturated rings. The average molecular weight is 243 g/mol. The molecule has 1 aromatic rings. The summed E-state index contributed by atoms with van der Waals surface area (Å²) in [6.45, 7) is -0.566. The van der Waals surface area contributed by atoms with Gasteiger partial charge in [0.25, 0.3) is 0 Å². The summed E-state index contributed by atoms with van der Waals surface area (Å²) in [5.74, 6) is -3.39. The van der Waals surface area contributed by atoms with Crippen molar-refractivity contribution in [2.45, 2.75) is 0 Å². The lowest BCUT2D eigenvalue weighted by Crippen LogP contribution is -2.31. The van der Waals surface area contributed by atoms with Crippen LogP contribution in [0.25, 0.3) is 0 Å². The van der Waals surface area contributed by atoms with E-state index in [1.165, 1.54) is 11.9 Å². The topological polar surface area (TPSA) is 57.6 Å². The van der Waals surface area contributed by atoms with Crippen LogP contribution in [0.5, 0.6) is 0 Å². The average Bonchev–Trinajstić information content (AvgIpc) is 2.15. The van der Waals surface area contributed by atoms with Gasteiger partial charge < -0.3 is 5.11 Å². The number of nitrogens with zero attached hydrogens (tertiary/aromatic N) is 1. The number of likely N-dealkylation sites (N-methyl/N-ethyl adjacent to an activating group) is 1. The third kappa shape index (κ3) is 3.92. The summed E-state index contributed by atoms with van der Waals surface area (Å²) >= 11 is 0. The summed E-state index contributed by atoms with van der Waals surface area (Å²) < 4.78 is 25.8. The van der Waals surface area contributed by atoms with Crippen LogP contribution in [0.4, 0.5) is 8.78 Å². The van der Waals surface area contributed by atoms with Gasteiger partial charge in [-0.3, -0.25) is 14.5 Å². The lowest BCUT2D eigenvalue weighted by Gasteiger charge is -2.12. The van der Waals surface area contributed by atoms with Crippen molar-refractivity contribution in [1.29, 1.82) is 0 Å². The lowest BCUT2D eigenvalue weighted by atomic mass is 10.1. The van der Waals surface area contributed by atoms with E-state index in [9.17, 15) is 18.4 Å². The first kappa shape index (κ1) is 13.2. The molecule has 0 atom stereocenters. The second-order valence-electron chi connectivity index (χ2n) is 3.61. The van der Waals surface area contributed by atoms with E-state index >= 15 is 0 Å². The molecule has 0 saturated heterocycles. The first-order valence-corrected chi connectivity index (χ1v) is 4.78. The number of halogens is 2. The third-order valence-electron chi connectivity index (χ3n) is 2.05. The molecule has 1 N–H and O–H groups in total. The Morgan fingerprint density at radius 2 is 1.94 bits per heavy atom. The van der Waals surface area contributed by atoms with Crippen molar-refractivity contribution in [1.82, 2.24) is 4.90 Å². The van der Waals surface area contributed by atoms with Crippen LogP contribution in [-0.2, 0) is 4.79 Å². The first-order valence-electron chi connectivity index (χ1n) is 4.78. The predicted octanol–water partition coefficient (Wildman–Crippen LogP) is 1.16. The molecule has 0 aliphatic rings. The smallest absolute Gasteiger partial charge is 0.317 e. The first-order chi connectivity index (χ1) is 7.90. The van der Waals surface area contributed by atoms with Crippen molar-refractivity contribution >= 4 is 11.8 Å². The van der Waals surface area contributed by atoms with Gasteiger partial charge in [0.1, 0.15) is 11.6 Å². The van der Waals surface area contributed by atoms with Gasteiger partial charge in [-0.2, -0.15) is 0 Å². The summed E-state index contributed by atoms with van der Waals surface area (Å²) in [6.07, 6.45) is 0. The van der Waals surface area contributed by atoms with E-state index in [1.807, 2.05) is 0 Å². The van der Waals surface area contributed by atoms with E-state index in [-0.39, 0.29) is 18.7 Å². The fourth-order valence-corrected chi connectivity index (χ4v) is 1.33. The van der Waals surface area contributed by atoms with Gasteiger partial charge in [0.15, 0.2) is 5.78 Å². The number of rotatable bonds is 5. The second kappa shape index (κ2) is 5.49. The molecular formula is C11H11F2NO3. The number of carboxylic acid groups (broad SMARTS) is 1. The molecule has 4 nitrogen and oxygen atoms in total. The fraction of sp³-hybridized carbons (Fsp3) is 0.273. The predicted molar refractivity (Wildman–Crippen MR) is 55.8 cm³/mol. The molecule has 0 radical (unpaired) electrons. The maximum Gasteiger partial charge on any atom is 0.317 e. The highest BCUT2D eigenvalue weighted by Crippen LogP contribution is 2.10. The molecule has 0 amide bonds. The molecule has 6 heteroatoms. The Morgan fingerprint density at radius 1 is 1.29 bits per heavy atom. The minimum absolute atomic E-state index is 0.241. The molecule has 17 heavy (non-hydrogen) atoms. The molecule has 0 bridgehead atoms. The van der Waals surface area contributed by atoms with Gasteiger partial charge in [-0.25, -0.2) is 8.78 Å². The van der Waals surface area contributed by atoms with E-state index in [1.54, 1.807) is 0 Å². The molecule has 0 aromatic heterocycles. The van der Waals surface area contributed by atoms with Gasteiger partial charge in [-0.1, -0.05) is 0 Å². The van der Waals surface area contributed by atoms with Crippen molar-refractivity contribution < 1.29 is 23.5 Å². The van der Waals surface area contributed by atoms with Crippen LogP contribution in [0.3, 0.4) is 0 Å². The molecule has 1 rings (SSSR count). The fourth-order valence-electron chi connectivity index (χ4n) is 1.33. The number of hydrogen-bond acceptors (Lipinski definition) is 3. The van der Waals surface area contributed by atoms with Crippen LogP contribution in [0, 0.1) is 11.6 Å². The van der Waals surface area contributed by atoms with Gasteiger partial charge >= 0.3 is 5.97 Å². The minimum atomic E-state index is -1.08. The maximum absolute atomic E-state index is 13.2. The van der Waals surface area contributed by atoms with Crippen molar-refractivity contribution in [3.63, 3.8) is 0 Å². The number of carbonyl (C=O) groups is 2. The van der Waals surface area contributed by atoms with Gasteiger partial charge in [0, 0.05) is 6.07 Å². The number of aliphatic carboxylic acids is 1. The van der Waals surface area contributed by atoms with E-state index < -0.39 is 23.4 Å². The van der Waals surface area contributed by atoms with Gasteiger partial charge in [0.05, 0.1) is 18.7 Å². The molecular weight excluding hydrogens is 232 g/mol. The zero-order valence-corrected chi connectivity index (χ0v) is 9.11. The Kier molecular flexibility index (Phi) is 4.28. The Morgan fingerprint density at radius 3 is 2.47 bits per heavy atom. The van der Waals surface area contributed by atoms with Crippen molar-refractivity contribution in [2.24, 2.45) is 0 Å². The molecule has 92 valence electrons. The number of Topliss-reactive ketones (excluding diaryl/α,β-unsaturated/α-hetero) is 1. The number of hydrogen-bond donors (Lipinski definition) is 1. The molecule has 1 aromatic carbocycles. The van der Waals surface area contributed by atoms with Crippen molar-refractivity contribution in [3.8, 4) is 0 Å². The second-order valence-corrected chi connectivity index (χ2v) is 3.61. The number of carboxylic acids is 1. The molecule has 0 aliphatic heterocycles. The van der Waals surface area contributed by atoms with E-state index in [4.69, 9.17) is 5.11 Å². The third-order valence-corrected chi connectivity index (χ3v) is 2.05. The summed E-state index contributed by atoms with van der Waals surface area (Å²) in [5.41, 5.74) is -0.247.